The van der Waals surface area contributed by atoms with Gasteiger partial charge in [-0.2, -0.15) is 0 Å². The smallest absolute Gasteiger partial charge is 0.309 e. The highest BCUT2D eigenvalue weighted by Crippen LogP contribution is 2.30. The molecule has 0 bridgehead atoms. The Labute approximate surface area is 121 Å². The van der Waals surface area contributed by atoms with Crippen LogP contribution in [0.2, 0.25) is 10.0 Å². The number of nitrogens with one attached hydrogen (secondary N) is 1. The van der Waals surface area contributed by atoms with Gasteiger partial charge in [-0.3, -0.25) is 4.79 Å². The fraction of sp³-hybridized carbons (Fsp3) is 0.0909. The third-order valence-electron chi connectivity index (χ3n) is 2.12. The highest BCUT2D eigenvalue weighted by atomic mass is 35.5. The van der Waals surface area contributed by atoms with Crippen molar-refractivity contribution in [3.8, 4) is 0 Å². The van der Waals surface area contributed by atoms with Crippen LogP contribution < -0.4 is 5.32 Å². The minimum atomic E-state index is -0.954. The van der Waals surface area contributed by atoms with Crippen LogP contribution in [0.15, 0.2) is 17.5 Å². The van der Waals surface area contributed by atoms with Crippen LogP contribution in [-0.4, -0.2) is 16.1 Å². The van der Waals surface area contributed by atoms with Crippen LogP contribution in [0.5, 0.6) is 0 Å². The Bertz CT molecular complexity index is 610. The van der Waals surface area contributed by atoms with E-state index in [9.17, 15) is 9.18 Å². The van der Waals surface area contributed by atoms with Gasteiger partial charge in [0.05, 0.1) is 22.2 Å². The minimum Gasteiger partial charge on any atom is -0.481 e. The Hall–Kier alpha value is -1.37. The molecule has 0 spiro atoms. The second-order valence-electron chi connectivity index (χ2n) is 3.59. The minimum absolute atomic E-state index is 0.0997. The fourth-order valence-electron chi connectivity index (χ4n) is 1.35. The Balaban J connectivity index is 2.17. The van der Waals surface area contributed by atoms with Crippen LogP contribution in [-0.2, 0) is 11.2 Å². The maximum atomic E-state index is 13.2. The standard InChI is InChI=1S/C11H7Cl2FN2O2S/c12-7-1-5(2-8(13)10(7)14)15-11-16-6(4-19-11)3-9(17)18/h1-2,4H,3H2,(H,15,16)(H,17,18). The number of carboxylic acids is 1. The fourth-order valence-corrected chi connectivity index (χ4v) is 2.57. The summed E-state index contributed by atoms with van der Waals surface area (Å²) in [4.78, 5) is 14.6. The van der Waals surface area contributed by atoms with Crippen molar-refractivity contribution in [3.05, 3.63) is 39.1 Å². The molecule has 0 radical (unpaired) electrons. The van der Waals surface area contributed by atoms with E-state index < -0.39 is 11.8 Å². The predicted molar refractivity (Wildman–Crippen MR) is 73.2 cm³/mol. The van der Waals surface area contributed by atoms with Crippen molar-refractivity contribution in [3.63, 3.8) is 0 Å². The van der Waals surface area contributed by atoms with Gasteiger partial charge in [0.1, 0.15) is 0 Å². The average Bonchev–Trinajstić information content (AvgIpc) is 2.72. The van der Waals surface area contributed by atoms with Crippen LogP contribution in [0.4, 0.5) is 15.2 Å². The van der Waals surface area contributed by atoms with Crippen LogP contribution in [0.1, 0.15) is 5.69 Å². The number of anilines is 2. The topological polar surface area (TPSA) is 62.2 Å². The van der Waals surface area contributed by atoms with Gasteiger partial charge in [-0.15, -0.1) is 11.3 Å². The number of halogens is 3. The van der Waals surface area contributed by atoms with Crippen molar-refractivity contribution in [1.82, 2.24) is 4.98 Å². The molecule has 1 aromatic carbocycles. The number of aliphatic carboxylic acids is 1. The summed E-state index contributed by atoms with van der Waals surface area (Å²) in [5, 5.41) is 13.4. The molecule has 0 aliphatic carbocycles. The summed E-state index contributed by atoms with van der Waals surface area (Å²) >= 11 is 12.6. The first-order valence-corrected chi connectivity index (χ1v) is 6.67. The first-order valence-electron chi connectivity index (χ1n) is 5.03. The lowest BCUT2D eigenvalue weighted by Gasteiger charge is -2.05. The zero-order valence-electron chi connectivity index (χ0n) is 9.28. The molecule has 4 nitrogen and oxygen atoms in total. The molecule has 8 heteroatoms. The first kappa shape index (κ1) is 14.0. The first-order chi connectivity index (χ1) is 8.95. The number of hydrogen-bond acceptors (Lipinski definition) is 4. The maximum Gasteiger partial charge on any atom is 0.309 e. The monoisotopic (exact) mass is 320 g/mol. The summed E-state index contributed by atoms with van der Waals surface area (Å²) in [6.45, 7) is 0. The molecule has 0 fully saturated rings. The second-order valence-corrected chi connectivity index (χ2v) is 5.27. The molecule has 0 saturated carbocycles. The van der Waals surface area contributed by atoms with Crippen LogP contribution in [0, 0.1) is 5.82 Å². The van der Waals surface area contributed by atoms with Gasteiger partial charge >= 0.3 is 5.97 Å². The van der Waals surface area contributed by atoms with E-state index in [2.05, 4.69) is 10.3 Å². The van der Waals surface area contributed by atoms with E-state index in [1.165, 1.54) is 23.5 Å². The van der Waals surface area contributed by atoms with Crippen LogP contribution in [0.3, 0.4) is 0 Å². The molecule has 0 aliphatic rings. The Morgan fingerprint density at radius 3 is 2.63 bits per heavy atom. The molecule has 19 heavy (non-hydrogen) atoms. The molecule has 0 amide bonds. The van der Waals surface area contributed by atoms with Crippen molar-refractivity contribution in [2.24, 2.45) is 0 Å². The molecule has 0 aliphatic heterocycles. The largest absolute Gasteiger partial charge is 0.481 e. The summed E-state index contributed by atoms with van der Waals surface area (Å²) < 4.78 is 13.2. The number of thiazole rings is 1. The van der Waals surface area contributed by atoms with Crippen LogP contribution in [0.25, 0.3) is 0 Å². The Kier molecular flexibility index (Phi) is 4.24. The predicted octanol–water partition coefficient (Wildman–Crippen LogP) is 3.96. The van der Waals surface area contributed by atoms with E-state index in [-0.39, 0.29) is 16.5 Å². The van der Waals surface area contributed by atoms with E-state index in [1.807, 2.05) is 0 Å². The molecule has 1 aromatic heterocycles. The summed E-state index contributed by atoms with van der Waals surface area (Å²) in [7, 11) is 0. The maximum absolute atomic E-state index is 13.2. The normalized spacial score (nSPS) is 10.5. The average molecular weight is 321 g/mol. The highest BCUT2D eigenvalue weighted by molar-refractivity contribution is 7.13. The molecule has 0 saturated heterocycles. The number of aromatic nitrogens is 1. The molecule has 0 atom stereocenters. The lowest BCUT2D eigenvalue weighted by Crippen LogP contribution is -2.00. The zero-order valence-corrected chi connectivity index (χ0v) is 11.6. The van der Waals surface area contributed by atoms with Gasteiger partial charge in [-0.25, -0.2) is 9.37 Å². The highest BCUT2D eigenvalue weighted by Gasteiger charge is 2.10. The summed E-state index contributed by atoms with van der Waals surface area (Å²) in [6, 6.07) is 2.75. The van der Waals surface area contributed by atoms with Gasteiger partial charge in [0, 0.05) is 11.1 Å². The Morgan fingerprint density at radius 1 is 1.42 bits per heavy atom. The second kappa shape index (κ2) is 5.73. The van der Waals surface area contributed by atoms with Crippen LogP contribution >= 0.6 is 34.5 Å². The van der Waals surface area contributed by atoms with Gasteiger partial charge in [-0.05, 0) is 12.1 Å². The van der Waals surface area contributed by atoms with Gasteiger partial charge in [-0.1, -0.05) is 23.2 Å². The lowest BCUT2D eigenvalue weighted by molar-refractivity contribution is -0.136. The number of hydrogen-bond donors (Lipinski definition) is 2. The zero-order chi connectivity index (χ0) is 14.0. The van der Waals surface area contributed by atoms with Crippen molar-refractivity contribution in [1.29, 1.82) is 0 Å². The van der Waals surface area contributed by atoms with Gasteiger partial charge < -0.3 is 10.4 Å². The van der Waals surface area contributed by atoms with E-state index >= 15 is 0 Å². The van der Waals surface area contributed by atoms with Crippen molar-refractivity contribution >= 4 is 51.3 Å². The number of carbonyl (C=O) groups is 1. The van der Waals surface area contributed by atoms with E-state index in [0.717, 1.165) is 0 Å². The summed E-state index contributed by atoms with van der Waals surface area (Å²) in [6.07, 6.45) is -0.150. The van der Waals surface area contributed by atoms with E-state index in [1.54, 1.807) is 5.38 Å². The molecule has 0 unspecified atom stereocenters. The van der Waals surface area contributed by atoms with E-state index in [4.69, 9.17) is 28.3 Å². The summed E-state index contributed by atoms with van der Waals surface area (Å²) in [5.41, 5.74) is 0.923. The van der Waals surface area contributed by atoms with Gasteiger partial charge in [0.25, 0.3) is 0 Å². The number of nitrogens with zero attached hydrogens (tertiary/aromatic N) is 1. The number of benzene rings is 1. The third kappa shape index (κ3) is 3.56. The van der Waals surface area contributed by atoms with Gasteiger partial charge in [0.15, 0.2) is 10.9 Å². The summed E-state index contributed by atoms with van der Waals surface area (Å²) in [5.74, 6) is -1.63. The SMILES string of the molecule is O=C(O)Cc1csc(Nc2cc(Cl)c(F)c(Cl)c2)n1. The van der Waals surface area contributed by atoms with Crippen molar-refractivity contribution < 1.29 is 14.3 Å². The van der Waals surface area contributed by atoms with Crippen molar-refractivity contribution in [2.45, 2.75) is 6.42 Å². The quantitative estimate of drug-likeness (QED) is 0.837. The number of carboxylic acid groups (broad SMARTS) is 1. The van der Waals surface area contributed by atoms with Crippen molar-refractivity contribution in [2.75, 3.05) is 5.32 Å². The lowest BCUT2D eigenvalue weighted by atomic mass is 10.3. The number of rotatable bonds is 4. The molecule has 1 heterocycles. The third-order valence-corrected chi connectivity index (χ3v) is 3.48. The molecular weight excluding hydrogens is 314 g/mol. The molecule has 2 aromatic rings. The molecule has 2 N–H and O–H groups in total. The Morgan fingerprint density at radius 2 is 2.05 bits per heavy atom. The van der Waals surface area contributed by atoms with Gasteiger partial charge in [0.2, 0.25) is 0 Å². The molecular formula is C11H7Cl2FN2O2S. The van der Waals surface area contributed by atoms with E-state index in [0.29, 0.717) is 16.5 Å². The molecule has 100 valence electrons. The molecule has 2 rings (SSSR count).